The zero-order valence-corrected chi connectivity index (χ0v) is 14.4. The van der Waals surface area contributed by atoms with Crippen molar-refractivity contribution in [3.63, 3.8) is 0 Å². The van der Waals surface area contributed by atoms with Crippen LogP contribution in [0.15, 0.2) is 0 Å². The van der Waals surface area contributed by atoms with Crippen molar-refractivity contribution in [3.8, 4) is 0 Å². The van der Waals surface area contributed by atoms with Gasteiger partial charge in [0.15, 0.2) is 0 Å². The summed E-state index contributed by atoms with van der Waals surface area (Å²) in [6, 6.07) is 0. The van der Waals surface area contributed by atoms with Crippen LogP contribution in [0.1, 0.15) is 52.4 Å². The fraction of sp³-hybridized carbons (Fsp3) is 0.647. The average molecular weight is 322 g/mol. The summed E-state index contributed by atoms with van der Waals surface area (Å²) in [6.45, 7) is 8.49. The maximum absolute atomic E-state index is 12.9. The summed E-state index contributed by atoms with van der Waals surface area (Å²) < 4.78 is 10.2. The number of aromatic amines is 1. The molecule has 1 N–H and O–H groups in total. The van der Waals surface area contributed by atoms with Crippen molar-refractivity contribution in [1.29, 1.82) is 0 Å². The number of aromatic nitrogens is 1. The fourth-order valence-corrected chi connectivity index (χ4v) is 3.07. The average Bonchev–Trinajstić information content (AvgIpc) is 3.18. The lowest BCUT2D eigenvalue weighted by Gasteiger charge is -2.23. The fourth-order valence-electron chi connectivity index (χ4n) is 3.07. The van der Waals surface area contributed by atoms with Crippen LogP contribution >= 0.6 is 0 Å². The molecule has 128 valence electrons. The first-order valence-electron chi connectivity index (χ1n) is 8.20. The van der Waals surface area contributed by atoms with E-state index in [1.807, 2.05) is 18.7 Å². The summed E-state index contributed by atoms with van der Waals surface area (Å²) in [4.78, 5) is 29.8. The van der Waals surface area contributed by atoms with Crippen LogP contribution in [-0.2, 0) is 15.9 Å². The van der Waals surface area contributed by atoms with Gasteiger partial charge in [0.25, 0.3) is 5.91 Å². The quantitative estimate of drug-likeness (QED) is 0.815. The van der Waals surface area contributed by atoms with Gasteiger partial charge in [0.2, 0.25) is 0 Å². The number of carbonyl (C=O) groups excluding carboxylic acids is 2. The first kappa shape index (κ1) is 17.5. The van der Waals surface area contributed by atoms with Crippen LogP contribution in [-0.4, -0.2) is 55.2 Å². The highest BCUT2D eigenvalue weighted by atomic mass is 16.5. The number of ether oxygens (including phenoxy) is 2. The Morgan fingerprint density at radius 1 is 1.39 bits per heavy atom. The molecule has 1 aliphatic heterocycles. The molecule has 1 amide bonds. The highest BCUT2D eigenvalue weighted by Crippen LogP contribution is 2.22. The van der Waals surface area contributed by atoms with E-state index in [0.29, 0.717) is 48.9 Å². The molecule has 2 rings (SSSR count). The van der Waals surface area contributed by atoms with Crippen LogP contribution in [0, 0.1) is 12.8 Å². The van der Waals surface area contributed by atoms with Gasteiger partial charge in [-0.25, -0.2) is 4.79 Å². The summed E-state index contributed by atoms with van der Waals surface area (Å²) >= 11 is 0. The highest BCUT2D eigenvalue weighted by Gasteiger charge is 2.28. The topological polar surface area (TPSA) is 71.6 Å². The van der Waals surface area contributed by atoms with Gasteiger partial charge in [-0.05, 0) is 32.3 Å². The second kappa shape index (κ2) is 7.64. The third kappa shape index (κ3) is 3.58. The molecular weight excluding hydrogens is 296 g/mol. The summed E-state index contributed by atoms with van der Waals surface area (Å²) in [5, 5.41) is 0. The number of H-pyrrole nitrogens is 1. The van der Waals surface area contributed by atoms with Crippen LogP contribution in [0.2, 0.25) is 0 Å². The molecule has 0 radical (unpaired) electrons. The van der Waals surface area contributed by atoms with Crippen molar-refractivity contribution >= 4 is 11.9 Å². The summed E-state index contributed by atoms with van der Waals surface area (Å²) in [7, 11) is 1.36. The van der Waals surface area contributed by atoms with Crippen molar-refractivity contribution < 1.29 is 19.1 Å². The van der Waals surface area contributed by atoms with E-state index in [1.165, 1.54) is 7.11 Å². The Hall–Kier alpha value is -1.82. The van der Waals surface area contributed by atoms with Gasteiger partial charge in [0.1, 0.15) is 5.69 Å². The second-order valence-corrected chi connectivity index (χ2v) is 5.90. The molecule has 1 atom stereocenters. The molecule has 0 aliphatic carbocycles. The number of aryl methyl sites for hydroxylation is 1. The van der Waals surface area contributed by atoms with Crippen LogP contribution in [0.3, 0.4) is 0 Å². The van der Waals surface area contributed by atoms with E-state index in [0.717, 1.165) is 18.7 Å². The van der Waals surface area contributed by atoms with Gasteiger partial charge in [-0.1, -0.05) is 6.92 Å². The van der Waals surface area contributed by atoms with Crippen LogP contribution in [0.25, 0.3) is 0 Å². The van der Waals surface area contributed by atoms with Crippen LogP contribution < -0.4 is 0 Å². The molecule has 1 aromatic heterocycles. The van der Waals surface area contributed by atoms with E-state index in [9.17, 15) is 9.59 Å². The molecule has 0 aromatic carbocycles. The summed E-state index contributed by atoms with van der Waals surface area (Å²) in [6.07, 6.45) is 1.63. The summed E-state index contributed by atoms with van der Waals surface area (Å²) in [5.74, 6) is -0.0801. The van der Waals surface area contributed by atoms with Crippen LogP contribution in [0.5, 0.6) is 0 Å². The Balaban J connectivity index is 2.26. The molecule has 6 heteroatoms. The van der Waals surface area contributed by atoms with Gasteiger partial charge in [0.05, 0.1) is 19.3 Å². The molecule has 0 saturated carbocycles. The molecular formula is C17H26N2O4. The van der Waals surface area contributed by atoms with E-state index < -0.39 is 5.97 Å². The van der Waals surface area contributed by atoms with Crippen molar-refractivity contribution in [2.45, 2.75) is 33.6 Å². The number of esters is 1. The zero-order valence-electron chi connectivity index (χ0n) is 14.4. The lowest BCUT2D eigenvalue weighted by molar-refractivity contribution is 0.0599. The minimum Gasteiger partial charge on any atom is -0.465 e. The number of nitrogens with zero attached hydrogens (tertiary/aromatic N) is 1. The standard InChI is InChI=1S/C17H26N2O4/c1-5-13-14(17(21)22-4)11(3)15(18-13)16(20)19(6-2)9-12-7-8-23-10-12/h12,18H,5-10H2,1-4H3. The largest absolute Gasteiger partial charge is 0.465 e. The Bertz CT molecular complexity index is 573. The second-order valence-electron chi connectivity index (χ2n) is 5.90. The minimum absolute atomic E-state index is 0.0678. The molecule has 0 spiro atoms. The number of hydrogen-bond donors (Lipinski definition) is 1. The van der Waals surface area contributed by atoms with Gasteiger partial charge in [-0.3, -0.25) is 4.79 Å². The first-order valence-corrected chi connectivity index (χ1v) is 8.20. The lowest BCUT2D eigenvalue weighted by Crippen LogP contribution is -2.36. The van der Waals surface area contributed by atoms with Gasteiger partial charge >= 0.3 is 5.97 Å². The maximum Gasteiger partial charge on any atom is 0.339 e. The number of nitrogens with one attached hydrogen (secondary N) is 1. The number of methoxy groups -OCH3 is 1. The molecule has 1 unspecified atom stereocenters. The van der Waals surface area contributed by atoms with E-state index in [2.05, 4.69) is 4.98 Å². The number of hydrogen-bond acceptors (Lipinski definition) is 4. The Morgan fingerprint density at radius 3 is 2.65 bits per heavy atom. The van der Waals surface area contributed by atoms with Gasteiger partial charge in [0, 0.05) is 31.3 Å². The predicted octanol–water partition coefficient (Wildman–Crippen LogP) is 2.17. The molecule has 1 saturated heterocycles. The number of carbonyl (C=O) groups is 2. The maximum atomic E-state index is 12.9. The van der Waals surface area contributed by atoms with Crippen molar-refractivity contribution in [2.24, 2.45) is 5.92 Å². The zero-order chi connectivity index (χ0) is 17.0. The Morgan fingerprint density at radius 2 is 2.13 bits per heavy atom. The van der Waals surface area contributed by atoms with E-state index >= 15 is 0 Å². The third-order valence-electron chi connectivity index (χ3n) is 4.46. The molecule has 1 aromatic rings. The molecule has 0 bridgehead atoms. The normalized spacial score (nSPS) is 17.3. The highest BCUT2D eigenvalue weighted by molar-refractivity contribution is 6.00. The number of amides is 1. The smallest absolute Gasteiger partial charge is 0.339 e. The minimum atomic E-state index is -0.401. The predicted molar refractivity (Wildman–Crippen MR) is 86.8 cm³/mol. The third-order valence-corrected chi connectivity index (χ3v) is 4.46. The molecule has 1 fully saturated rings. The van der Waals surface area contributed by atoms with Crippen molar-refractivity contribution in [1.82, 2.24) is 9.88 Å². The van der Waals surface area contributed by atoms with Crippen molar-refractivity contribution in [3.05, 3.63) is 22.5 Å². The van der Waals surface area contributed by atoms with E-state index in [1.54, 1.807) is 6.92 Å². The Labute approximate surface area is 137 Å². The molecule has 23 heavy (non-hydrogen) atoms. The SMILES string of the molecule is CCc1[nH]c(C(=O)N(CC)CC2CCOC2)c(C)c1C(=O)OC. The first-order chi connectivity index (χ1) is 11.0. The lowest BCUT2D eigenvalue weighted by atomic mass is 10.1. The molecule has 2 heterocycles. The number of rotatable bonds is 6. The van der Waals surface area contributed by atoms with Gasteiger partial charge in [-0.2, -0.15) is 0 Å². The van der Waals surface area contributed by atoms with Crippen molar-refractivity contribution in [2.75, 3.05) is 33.4 Å². The van der Waals surface area contributed by atoms with Crippen LogP contribution in [0.4, 0.5) is 0 Å². The molecule has 1 aliphatic rings. The van der Waals surface area contributed by atoms with Gasteiger partial charge < -0.3 is 19.4 Å². The van der Waals surface area contributed by atoms with Gasteiger partial charge in [-0.15, -0.1) is 0 Å². The molecule has 6 nitrogen and oxygen atoms in total. The van der Waals surface area contributed by atoms with E-state index in [-0.39, 0.29) is 5.91 Å². The summed E-state index contributed by atoms with van der Waals surface area (Å²) in [5.41, 5.74) is 2.39. The monoisotopic (exact) mass is 322 g/mol. The Kier molecular flexibility index (Phi) is 5.82. The van der Waals surface area contributed by atoms with E-state index in [4.69, 9.17) is 9.47 Å².